The fourth-order valence-electron chi connectivity index (χ4n) is 3.93. The largest absolute Gasteiger partial charge is 0.350 e. The van der Waals surface area contributed by atoms with Gasteiger partial charge >= 0.3 is 0 Å². The Morgan fingerprint density at radius 1 is 1.23 bits per heavy atom. The molecule has 2 aliphatic rings. The molecule has 2 saturated heterocycles. The predicted molar refractivity (Wildman–Crippen MR) is 101 cm³/mol. The van der Waals surface area contributed by atoms with E-state index in [4.69, 9.17) is 0 Å². The molecule has 7 nitrogen and oxygen atoms in total. The molecule has 134 valence electrons. The fourth-order valence-corrected chi connectivity index (χ4v) is 4.26. The van der Waals surface area contributed by atoms with Crippen LogP contribution in [0.5, 0.6) is 0 Å². The van der Waals surface area contributed by atoms with Crippen molar-refractivity contribution in [3.05, 3.63) is 29.7 Å². The highest BCUT2D eigenvalue weighted by molar-refractivity contribution is 7.98. The Hall–Kier alpha value is -2.40. The van der Waals surface area contributed by atoms with Gasteiger partial charge in [0.1, 0.15) is 11.6 Å². The minimum Gasteiger partial charge on any atom is -0.350 e. The Balaban J connectivity index is 1.63. The second-order valence-electron chi connectivity index (χ2n) is 6.75. The van der Waals surface area contributed by atoms with Gasteiger partial charge in [0.2, 0.25) is 5.95 Å². The molecule has 0 N–H and O–H groups in total. The first-order valence-corrected chi connectivity index (χ1v) is 10.0. The summed E-state index contributed by atoms with van der Waals surface area (Å²) in [7, 11) is 0. The van der Waals surface area contributed by atoms with Gasteiger partial charge in [0.25, 0.3) is 0 Å². The van der Waals surface area contributed by atoms with E-state index in [1.54, 1.807) is 6.20 Å². The number of hydrogen-bond donors (Lipinski definition) is 0. The summed E-state index contributed by atoms with van der Waals surface area (Å²) in [6.45, 7) is 4.75. The van der Waals surface area contributed by atoms with Crippen molar-refractivity contribution in [1.29, 1.82) is 5.26 Å². The lowest BCUT2D eigenvalue weighted by Gasteiger charge is -2.39. The van der Waals surface area contributed by atoms with Crippen LogP contribution in [0.15, 0.2) is 23.6 Å². The van der Waals surface area contributed by atoms with Gasteiger partial charge in [-0.3, -0.25) is 0 Å². The number of thioether (sulfide) groups is 1. The zero-order valence-electron chi connectivity index (χ0n) is 15.0. The number of aryl methyl sites for hydroxylation is 1. The number of hydrogen-bond acceptors (Lipinski definition) is 8. The molecule has 0 bridgehead atoms. The number of piperidine rings is 1. The van der Waals surface area contributed by atoms with Gasteiger partial charge in [-0.1, -0.05) is 11.8 Å². The highest BCUT2D eigenvalue weighted by Crippen LogP contribution is 2.36. The van der Waals surface area contributed by atoms with E-state index in [1.165, 1.54) is 11.8 Å². The monoisotopic (exact) mass is 367 g/mol. The lowest BCUT2D eigenvalue weighted by molar-refractivity contribution is 0.386. The van der Waals surface area contributed by atoms with Crippen LogP contribution in [-0.2, 0) is 0 Å². The SMILES string of the molecule is CSc1ncc(C#N)c(N2CCC3CCN(c4nccc(C)n4)CC32)n1. The van der Waals surface area contributed by atoms with Crippen molar-refractivity contribution in [2.45, 2.75) is 31.0 Å². The number of anilines is 2. The van der Waals surface area contributed by atoms with Crippen LogP contribution in [-0.4, -0.2) is 51.9 Å². The molecule has 0 aromatic carbocycles. The fraction of sp³-hybridized carbons (Fsp3) is 0.500. The average molecular weight is 367 g/mol. The molecule has 0 spiro atoms. The summed E-state index contributed by atoms with van der Waals surface area (Å²) in [5.41, 5.74) is 1.53. The minimum absolute atomic E-state index is 0.324. The lowest BCUT2D eigenvalue weighted by Crippen LogP contribution is -2.49. The second-order valence-corrected chi connectivity index (χ2v) is 7.52. The lowest BCUT2D eigenvalue weighted by atomic mass is 9.92. The highest BCUT2D eigenvalue weighted by atomic mass is 32.2. The number of nitriles is 1. The maximum absolute atomic E-state index is 9.51. The van der Waals surface area contributed by atoms with E-state index < -0.39 is 0 Å². The van der Waals surface area contributed by atoms with E-state index >= 15 is 0 Å². The number of nitrogens with zero attached hydrogens (tertiary/aromatic N) is 7. The van der Waals surface area contributed by atoms with Crippen LogP contribution < -0.4 is 9.80 Å². The molecule has 2 aromatic rings. The molecule has 2 unspecified atom stereocenters. The van der Waals surface area contributed by atoms with Crippen LogP contribution in [0.25, 0.3) is 0 Å². The first-order valence-electron chi connectivity index (χ1n) is 8.82. The van der Waals surface area contributed by atoms with E-state index in [2.05, 4.69) is 35.8 Å². The summed E-state index contributed by atoms with van der Waals surface area (Å²) in [5.74, 6) is 2.19. The van der Waals surface area contributed by atoms with Crippen molar-refractivity contribution in [1.82, 2.24) is 19.9 Å². The summed E-state index contributed by atoms with van der Waals surface area (Å²) in [6, 6.07) is 4.50. The van der Waals surface area contributed by atoms with Crippen LogP contribution >= 0.6 is 11.8 Å². The summed E-state index contributed by atoms with van der Waals surface area (Å²) >= 11 is 1.50. The molecule has 0 amide bonds. The van der Waals surface area contributed by atoms with Crippen LogP contribution in [0, 0.1) is 24.2 Å². The predicted octanol–water partition coefficient (Wildman–Crippen LogP) is 2.27. The van der Waals surface area contributed by atoms with Gasteiger partial charge in [-0.25, -0.2) is 19.9 Å². The van der Waals surface area contributed by atoms with Gasteiger partial charge < -0.3 is 9.80 Å². The first kappa shape index (κ1) is 17.0. The van der Waals surface area contributed by atoms with Crippen molar-refractivity contribution in [2.24, 2.45) is 5.92 Å². The minimum atomic E-state index is 0.324. The second kappa shape index (κ2) is 7.08. The molecule has 0 radical (unpaired) electrons. The smallest absolute Gasteiger partial charge is 0.225 e. The Kier molecular flexibility index (Phi) is 4.64. The van der Waals surface area contributed by atoms with Gasteiger partial charge in [-0.15, -0.1) is 0 Å². The van der Waals surface area contributed by atoms with Gasteiger partial charge in [-0.05, 0) is 38.0 Å². The van der Waals surface area contributed by atoms with Crippen LogP contribution in [0.4, 0.5) is 11.8 Å². The quantitative estimate of drug-likeness (QED) is 0.604. The average Bonchev–Trinajstić information content (AvgIpc) is 3.10. The molecule has 8 heteroatoms. The maximum Gasteiger partial charge on any atom is 0.225 e. The number of rotatable bonds is 3. The van der Waals surface area contributed by atoms with Crippen LogP contribution in [0.1, 0.15) is 24.1 Å². The van der Waals surface area contributed by atoms with E-state index in [0.717, 1.165) is 49.9 Å². The van der Waals surface area contributed by atoms with Crippen molar-refractivity contribution >= 4 is 23.5 Å². The normalized spacial score (nSPS) is 22.2. The van der Waals surface area contributed by atoms with E-state index in [9.17, 15) is 5.26 Å². The third-order valence-corrected chi connectivity index (χ3v) is 5.81. The van der Waals surface area contributed by atoms with Crippen LogP contribution in [0.3, 0.4) is 0 Å². The first-order chi connectivity index (χ1) is 12.7. The summed E-state index contributed by atoms with van der Waals surface area (Å²) in [6.07, 6.45) is 7.66. The van der Waals surface area contributed by atoms with E-state index in [-0.39, 0.29) is 0 Å². The molecule has 4 rings (SSSR count). The van der Waals surface area contributed by atoms with Gasteiger partial charge in [-0.2, -0.15) is 5.26 Å². The Bertz CT molecular complexity index is 850. The molecular weight excluding hydrogens is 346 g/mol. The molecule has 0 saturated carbocycles. The molecule has 26 heavy (non-hydrogen) atoms. The summed E-state index contributed by atoms with van der Waals surface area (Å²) in [4.78, 5) is 22.5. The summed E-state index contributed by atoms with van der Waals surface area (Å²) in [5, 5.41) is 10.2. The zero-order chi connectivity index (χ0) is 18.1. The van der Waals surface area contributed by atoms with E-state index in [1.807, 2.05) is 25.4 Å². The standard InChI is InChI=1S/C18H21N7S/c1-12-3-6-20-17(22-12)24-7-4-13-5-8-25(15(13)11-24)16-14(9-19)10-21-18(23-16)26-2/h3,6,10,13,15H,4-5,7-8,11H2,1-2H3. The molecule has 2 fully saturated rings. The topological polar surface area (TPSA) is 81.8 Å². The van der Waals surface area contributed by atoms with Gasteiger partial charge in [0.05, 0.1) is 12.2 Å². The van der Waals surface area contributed by atoms with Crippen molar-refractivity contribution in [3.63, 3.8) is 0 Å². The van der Waals surface area contributed by atoms with Crippen molar-refractivity contribution < 1.29 is 0 Å². The van der Waals surface area contributed by atoms with Crippen molar-refractivity contribution in [3.8, 4) is 6.07 Å². The summed E-state index contributed by atoms with van der Waals surface area (Å²) < 4.78 is 0. The Morgan fingerprint density at radius 2 is 2.08 bits per heavy atom. The molecule has 2 atom stereocenters. The maximum atomic E-state index is 9.51. The zero-order valence-corrected chi connectivity index (χ0v) is 15.8. The molecule has 0 aliphatic carbocycles. The third-order valence-electron chi connectivity index (χ3n) is 5.25. The number of fused-ring (bicyclic) bond motifs is 1. The Labute approximate surface area is 157 Å². The van der Waals surface area contributed by atoms with Crippen LogP contribution in [0.2, 0.25) is 0 Å². The Morgan fingerprint density at radius 3 is 2.85 bits per heavy atom. The highest BCUT2D eigenvalue weighted by Gasteiger charge is 2.40. The molecule has 2 aromatic heterocycles. The molecular formula is C18H21N7S. The van der Waals surface area contributed by atoms with Crippen molar-refractivity contribution in [2.75, 3.05) is 35.7 Å². The van der Waals surface area contributed by atoms with E-state index in [0.29, 0.717) is 22.7 Å². The third kappa shape index (κ3) is 3.07. The molecule has 4 heterocycles. The number of aromatic nitrogens is 4. The van der Waals surface area contributed by atoms with Gasteiger partial charge in [0, 0.05) is 31.5 Å². The molecule has 2 aliphatic heterocycles. The van der Waals surface area contributed by atoms with Gasteiger partial charge in [0.15, 0.2) is 11.0 Å².